The highest BCUT2D eigenvalue weighted by atomic mass is 14.9. The maximum absolute atomic E-state index is 5.12. The molecular formula is C53H38N2. The minimum Gasteiger partial charge on any atom is -0.228 e. The highest BCUT2D eigenvalue weighted by Gasteiger charge is 2.36. The summed E-state index contributed by atoms with van der Waals surface area (Å²) in [4.78, 5) is 10.2. The van der Waals surface area contributed by atoms with E-state index in [1.54, 1.807) is 0 Å². The number of fused-ring (bicyclic) bond motifs is 4. The SMILES string of the molecule is CC1(C)c2ccccc2-c2cc(-c3ccc4ccccc4c3)c(-c3cccc(-c4cccc(-c5nc(-c6ccccc6)cc(-c6ccccc6)n5)c4)c3)cc21. The van der Waals surface area contributed by atoms with Gasteiger partial charge in [-0.1, -0.05) is 172 Å². The van der Waals surface area contributed by atoms with Gasteiger partial charge in [0.15, 0.2) is 5.82 Å². The van der Waals surface area contributed by atoms with Crippen molar-refractivity contribution in [2.75, 3.05) is 0 Å². The zero-order chi connectivity index (χ0) is 36.9. The van der Waals surface area contributed by atoms with Crippen LogP contribution in [0.5, 0.6) is 0 Å². The molecule has 0 fully saturated rings. The van der Waals surface area contributed by atoms with Gasteiger partial charge in [0.25, 0.3) is 0 Å². The van der Waals surface area contributed by atoms with Gasteiger partial charge >= 0.3 is 0 Å². The van der Waals surface area contributed by atoms with Crippen LogP contribution in [0.25, 0.3) is 89.2 Å². The molecule has 2 nitrogen and oxygen atoms in total. The van der Waals surface area contributed by atoms with E-state index in [0.29, 0.717) is 5.82 Å². The van der Waals surface area contributed by atoms with E-state index in [2.05, 4.69) is 196 Å². The molecule has 1 aliphatic rings. The van der Waals surface area contributed by atoms with Crippen LogP contribution in [-0.2, 0) is 5.41 Å². The number of nitrogens with zero attached hydrogens (tertiary/aromatic N) is 2. The van der Waals surface area contributed by atoms with Gasteiger partial charge in [-0.2, -0.15) is 0 Å². The second kappa shape index (κ2) is 13.2. The highest BCUT2D eigenvalue weighted by Crippen LogP contribution is 2.52. The van der Waals surface area contributed by atoms with E-state index in [-0.39, 0.29) is 5.41 Å². The Morgan fingerprint density at radius 1 is 0.309 bits per heavy atom. The standard InChI is InChI=1S/C53H38N2/c1-53(2)48-26-12-11-25-44(48)47-32-45(42-28-27-35-15-9-10-20-38(35)29-42)46(33-49(47)53)41-23-13-21-39(30-41)40-22-14-24-43(31-40)52-54-50(36-16-5-3-6-17-36)34-51(55-52)37-18-7-4-8-19-37/h3-34H,1-2H3. The molecular weight excluding hydrogens is 665 g/mol. The average molecular weight is 703 g/mol. The van der Waals surface area contributed by atoms with Gasteiger partial charge in [-0.3, -0.25) is 0 Å². The van der Waals surface area contributed by atoms with Crippen molar-refractivity contribution >= 4 is 10.8 Å². The fraction of sp³-hybridized carbons (Fsp3) is 0.0566. The third-order valence-corrected chi connectivity index (χ3v) is 11.3. The van der Waals surface area contributed by atoms with Crippen molar-refractivity contribution in [3.63, 3.8) is 0 Å². The maximum Gasteiger partial charge on any atom is 0.160 e. The number of rotatable bonds is 6. The number of aromatic nitrogens is 2. The molecule has 55 heavy (non-hydrogen) atoms. The van der Waals surface area contributed by atoms with Gasteiger partial charge in [0, 0.05) is 22.1 Å². The van der Waals surface area contributed by atoms with E-state index in [1.165, 1.54) is 55.3 Å². The topological polar surface area (TPSA) is 25.8 Å². The predicted octanol–water partition coefficient (Wildman–Crippen LogP) is 13.9. The van der Waals surface area contributed by atoms with Crippen LogP contribution in [0.4, 0.5) is 0 Å². The monoisotopic (exact) mass is 702 g/mol. The van der Waals surface area contributed by atoms with Crippen molar-refractivity contribution in [2.24, 2.45) is 0 Å². The molecule has 0 unspecified atom stereocenters. The summed E-state index contributed by atoms with van der Waals surface area (Å²) in [6.45, 7) is 4.72. The van der Waals surface area contributed by atoms with E-state index in [1.807, 2.05) is 12.1 Å². The van der Waals surface area contributed by atoms with Gasteiger partial charge in [-0.25, -0.2) is 9.97 Å². The van der Waals surface area contributed by atoms with Crippen molar-refractivity contribution in [3.05, 3.63) is 205 Å². The molecule has 260 valence electrons. The molecule has 0 spiro atoms. The summed E-state index contributed by atoms with van der Waals surface area (Å²) in [5, 5.41) is 2.49. The summed E-state index contributed by atoms with van der Waals surface area (Å²) in [7, 11) is 0. The lowest BCUT2D eigenvalue weighted by atomic mass is 9.80. The smallest absolute Gasteiger partial charge is 0.160 e. The minimum atomic E-state index is -0.110. The lowest BCUT2D eigenvalue weighted by molar-refractivity contribution is 0.660. The van der Waals surface area contributed by atoms with Crippen LogP contribution in [-0.4, -0.2) is 9.97 Å². The average Bonchev–Trinajstić information content (AvgIpc) is 3.48. The molecule has 0 saturated heterocycles. The number of benzene rings is 8. The highest BCUT2D eigenvalue weighted by molar-refractivity contribution is 5.96. The van der Waals surface area contributed by atoms with Crippen molar-refractivity contribution in [1.82, 2.24) is 9.97 Å². The Balaban J connectivity index is 1.11. The van der Waals surface area contributed by atoms with Crippen LogP contribution < -0.4 is 0 Å². The lowest BCUT2D eigenvalue weighted by Crippen LogP contribution is -2.15. The summed E-state index contributed by atoms with van der Waals surface area (Å²) in [5.41, 5.74) is 17.4. The van der Waals surface area contributed by atoms with Crippen LogP contribution in [0.1, 0.15) is 25.0 Å². The molecule has 10 rings (SSSR count). The Labute approximate surface area is 322 Å². The second-order valence-electron chi connectivity index (χ2n) is 15.0. The summed E-state index contributed by atoms with van der Waals surface area (Å²) in [5.74, 6) is 0.706. The van der Waals surface area contributed by atoms with Gasteiger partial charge in [0.05, 0.1) is 11.4 Å². The van der Waals surface area contributed by atoms with Gasteiger partial charge < -0.3 is 0 Å². The van der Waals surface area contributed by atoms with Crippen molar-refractivity contribution in [1.29, 1.82) is 0 Å². The molecule has 1 aliphatic carbocycles. The molecule has 0 aliphatic heterocycles. The number of hydrogen-bond donors (Lipinski definition) is 0. The second-order valence-corrected chi connectivity index (χ2v) is 15.0. The van der Waals surface area contributed by atoms with E-state index in [4.69, 9.17) is 9.97 Å². The molecule has 9 aromatic rings. The quantitative estimate of drug-likeness (QED) is 0.172. The largest absolute Gasteiger partial charge is 0.228 e. The Morgan fingerprint density at radius 2 is 0.836 bits per heavy atom. The van der Waals surface area contributed by atoms with Crippen LogP contribution >= 0.6 is 0 Å². The minimum absolute atomic E-state index is 0.110. The van der Waals surface area contributed by atoms with E-state index in [9.17, 15) is 0 Å². The van der Waals surface area contributed by atoms with E-state index < -0.39 is 0 Å². The van der Waals surface area contributed by atoms with Crippen molar-refractivity contribution in [2.45, 2.75) is 19.3 Å². The molecule has 0 N–H and O–H groups in total. The number of hydrogen-bond acceptors (Lipinski definition) is 2. The van der Waals surface area contributed by atoms with E-state index >= 15 is 0 Å². The van der Waals surface area contributed by atoms with Crippen molar-refractivity contribution < 1.29 is 0 Å². The summed E-state index contributed by atoms with van der Waals surface area (Å²) >= 11 is 0. The molecule has 0 saturated carbocycles. The Kier molecular flexibility index (Phi) is 7.85. The molecule has 0 amide bonds. The molecule has 8 aromatic carbocycles. The van der Waals surface area contributed by atoms with Crippen LogP contribution in [0, 0.1) is 0 Å². The zero-order valence-electron chi connectivity index (χ0n) is 30.9. The molecule has 2 heteroatoms. The molecule has 1 heterocycles. The first-order valence-corrected chi connectivity index (χ1v) is 19.0. The van der Waals surface area contributed by atoms with E-state index in [0.717, 1.165) is 39.2 Å². The van der Waals surface area contributed by atoms with Gasteiger partial charge in [0.1, 0.15) is 0 Å². The predicted molar refractivity (Wildman–Crippen MR) is 230 cm³/mol. The molecule has 0 atom stereocenters. The van der Waals surface area contributed by atoms with Gasteiger partial charge in [-0.15, -0.1) is 0 Å². The fourth-order valence-corrected chi connectivity index (χ4v) is 8.38. The Hall–Kier alpha value is -6.90. The first-order valence-electron chi connectivity index (χ1n) is 19.0. The summed E-state index contributed by atoms with van der Waals surface area (Å²) < 4.78 is 0. The third-order valence-electron chi connectivity index (χ3n) is 11.3. The van der Waals surface area contributed by atoms with Crippen molar-refractivity contribution in [3.8, 4) is 78.4 Å². The third kappa shape index (κ3) is 5.84. The fourth-order valence-electron chi connectivity index (χ4n) is 8.38. The summed E-state index contributed by atoms with van der Waals surface area (Å²) in [6.07, 6.45) is 0. The lowest BCUT2D eigenvalue weighted by Gasteiger charge is -2.23. The maximum atomic E-state index is 5.12. The first kappa shape index (κ1) is 32.7. The normalized spacial score (nSPS) is 12.7. The van der Waals surface area contributed by atoms with Gasteiger partial charge in [0.2, 0.25) is 0 Å². The van der Waals surface area contributed by atoms with Crippen LogP contribution in [0.15, 0.2) is 194 Å². The summed E-state index contributed by atoms with van der Waals surface area (Å²) in [6, 6.07) is 69.7. The molecule has 0 bridgehead atoms. The Bertz CT molecular complexity index is 2830. The first-order chi connectivity index (χ1) is 27.0. The van der Waals surface area contributed by atoms with Crippen LogP contribution in [0.3, 0.4) is 0 Å². The zero-order valence-corrected chi connectivity index (χ0v) is 30.9. The van der Waals surface area contributed by atoms with Crippen LogP contribution in [0.2, 0.25) is 0 Å². The molecule has 1 aromatic heterocycles. The Morgan fingerprint density at radius 3 is 1.55 bits per heavy atom. The van der Waals surface area contributed by atoms with Gasteiger partial charge in [-0.05, 0) is 103 Å². The molecule has 0 radical (unpaired) electrons.